The molecule has 1 heterocycles. The van der Waals surface area contributed by atoms with E-state index >= 15 is 0 Å². The quantitative estimate of drug-likeness (QED) is 0.840. The molecule has 0 aliphatic heterocycles. The summed E-state index contributed by atoms with van der Waals surface area (Å²) in [5.74, 6) is 2.02. The van der Waals surface area contributed by atoms with Crippen molar-refractivity contribution in [3.05, 3.63) is 17.0 Å². The van der Waals surface area contributed by atoms with E-state index in [-0.39, 0.29) is 11.5 Å². The summed E-state index contributed by atoms with van der Waals surface area (Å²) in [5.41, 5.74) is -0.123. The summed E-state index contributed by atoms with van der Waals surface area (Å²) in [6.45, 7) is 7.04. The molecule has 1 aromatic heterocycles. The average Bonchev–Trinajstić information content (AvgIpc) is 2.35. The molecule has 1 aliphatic rings. The molecule has 2 rings (SSSR count). The lowest BCUT2D eigenvalue weighted by Gasteiger charge is -2.26. The normalized spacial score (nSPS) is 23.6. The van der Waals surface area contributed by atoms with Gasteiger partial charge in [-0.1, -0.05) is 38.8 Å². The summed E-state index contributed by atoms with van der Waals surface area (Å²) < 4.78 is 0. The molecule has 0 spiro atoms. The van der Waals surface area contributed by atoms with E-state index in [1.165, 1.54) is 0 Å². The Morgan fingerprint density at radius 2 is 2.10 bits per heavy atom. The van der Waals surface area contributed by atoms with E-state index in [9.17, 15) is 5.11 Å². The predicted octanol–water partition coefficient (Wildman–Crippen LogP) is 3.39. The van der Waals surface area contributed by atoms with E-state index < -0.39 is 0 Å². The van der Waals surface area contributed by atoms with Gasteiger partial charge in [-0.3, -0.25) is 0 Å². The Morgan fingerprint density at radius 3 is 2.75 bits per heavy atom. The number of aliphatic hydroxyl groups excluding tert-OH is 1. The lowest BCUT2D eigenvalue weighted by atomic mass is 9.87. The Labute approximate surface area is 126 Å². The minimum atomic E-state index is -0.144. The molecule has 0 saturated heterocycles. The third kappa shape index (κ3) is 4.32. The smallest absolute Gasteiger partial charge is 0.137 e. The van der Waals surface area contributed by atoms with Crippen molar-refractivity contribution in [2.75, 3.05) is 11.9 Å². The Morgan fingerprint density at radius 1 is 1.35 bits per heavy atom. The van der Waals surface area contributed by atoms with E-state index in [0.717, 1.165) is 43.9 Å². The van der Waals surface area contributed by atoms with E-state index in [2.05, 4.69) is 36.1 Å². The third-order valence-electron chi connectivity index (χ3n) is 3.69. The number of nitrogens with zero attached hydrogens (tertiary/aromatic N) is 2. The van der Waals surface area contributed by atoms with Gasteiger partial charge in [-0.25, -0.2) is 9.97 Å². The topological polar surface area (TPSA) is 58.0 Å². The Hall–Kier alpha value is -0.870. The second-order valence-corrected chi connectivity index (χ2v) is 7.10. The Kier molecular flexibility index (Phi) is 4.86. The van der Waals surface area contributed by atoms with Crippen molar-refractivity contribution in [3.63, 3.8) is 0 Å². The fourth-order valence-electron chi connectivity index (χ4n) is 2.54. The largest absolute Gasteiger partial charge is 0.393 e. The number of anilines is 1. The number of rotatable bonds is 3. The van der Waals surface area contributed by atoms with Crippen LogP contribution in [-0.2, 0) is 5.41 Å². The van der Waals surface area contributed by atoms with Crippen LogP contribution in [0.25, 0.3) is 0 Å². The molecular formula is C15H24ClN3O. The highest BCUT2D eigenvalue weighted by Gasteiger charge is 2.21. The Bertz CT molecular complexity index is 459. The van der Waals surface area contributed by atoms with Crippen LogP contribution < -0.4 is 5.32 Å². The van der Waals surface area contributed by atoms with E-state index in [1.807, 2.05) is 0 Å². The molecule has 0 bridgehead atoms. The van der Waals surface area contributed by atoms with Crippen molar-refractivity contribution >= 4 is 17.4 Å². The van der Waals surface area contributed by atoms with Gasteiger partial charge in [0.1, 0.15) is 16.8 Å². The van der Waals surface area contributed by atoms with Crippen LogP contribution >= 0.6 is 11.6 Å². The zero-order valence-electron chi connectivity index (χ0n) is 12.5. The minimum Gasteiger partial charge on any atom is -0.393 e. The van der Waals surface area contributed by atoms with Crippen LogP contribution in [0.3, 0.4) is 0 Å². The predicted molar refractivity (Wildman–Crippen MR) is 82.2 cm³/mol. The lowest BCUT2D eigenvalue weighted by Crippen LogP contribution is -2.25. The van der Waals surface area contributed by atoms with Crippen molar-refractivity contribution in [1.29, 1.82) is 0 Å². The maximum absolute atomic E-state index is 9.70. The molecular weight excluding hydrogens is 274 g/mol. The molecule has 4 nitrogen and oxygen atoms in total. The second kappa shape index (κ2) is 6.27. The van der Waals surface area contributed by atoms with E-state index in [1.54, 1.807) is 6.07 Å². The molecule has 1 fully saturated rings. The molecule has 2 atom stereocenters. The van der Waals surface area contributed by atoms with Gasteiger partial charge in [-0.05, 0) is 25.2 Å². The monoisotopic (exact) mass is 297 g/mol. The van der Waals surface area contributed by atoms with Gasteiger partial charge in [0.15, 0.2) is 0 Å². The van der Waals surface area contributed by atoms with Gasteiger partial charge in [0.2, 0.25) is 0 Å². The summed E-state index contributed by atoms with van der Waals surface area (Å²) in [6, 6.07) is 1.76. The molecule has 0 aromatic carbocycles. The molecule has 0 radical (unpaired) electrons. The maximum Gasteiger partial charge on any atom is 0.137 e. The fraction of sp³-hybridized carbons (Fsp3) is 0.733. The first-order chi connectivity index (χ1) is 9.34. The highest BCUT2D eigenvalue weighted by Crippen LogP contribution is 2.26. The van der Waals surface area contributed by atoms with Crippen molar-refractivity contribution in [2.24, 2.45) is 5.92 Å². The summed E-state index contributed by atoms with van der Waals surface area (Å²) >= 11 is 6.07. The number of hydrogen-bond acceptors (Lipinski definition) is 4. The molecule has 20 heavy (non-hydrogen) atoms. The number of hydrogen-bond donors (Lipinski definition) is 2. The average molecular weight is 298 g/mol. The molecule has 1 aromatic rings. The first-order valence-corrected chi connectivity index (χ1v) is 7.69. The highest BCUT2D eigenvalue weighted by atomic mass is 35.5. The van der Waals surface area contributed by atoms with Gasteiger partial charge >= 0.3 is 0 Å². The zero-order valence-corrected chi connectivity index (χ0v) is 13.2. The molecule has 0 amide bonds. The summed E-state index contributed by atoms with van der Waals surface area (Å²) in [5, 5.41) is 13.5. The zero-order chi connectivity index (χ0) is 14.8. The molecule has 2 N–H and O–H groups in total. The lowest BCUT2D eigenvalue weighted by molar-refractivity contribution is 0.104. The maximum atomic E-state index is 9.70. The van der Waals surface area contributed by atoms with Crippen LogP contribution in [0, 0.1) is 5.92 Å². The van der Waals surface area contributed by atoms with Crippen LogP contribution in [0.2, 0.25) is 5.15 Å². The SMILES string of the molecule is CC(C)(C)c1nc(Cl)cc(NCC2CCCC(O)C2)n1. The molecule has 1 saturated carbocycles. The van der Waals surface area contributed by atoms with Crippen LogP contribution in [0.4, 0.5) is 5.82 Å². The van der Waals surface area contributed by atoms with Crippen LogP contribution in [0.5, 0.6) is 0 Å². The van der Waals surface area contributed by atoms with Gasteiger partial charge in [-0.2, -0.15) is 0 Å². The number of halogens is 1. The first kappa shape index (κ1) is 15.5. The van der Waals surface area contributed by atoms with Crippen molar-refractivity contribution in [1.82, 2.24) is 9.97 Å². The molecule has 1 aliphatic carbocycles. The number of nitrogens with one attached hydrogen (secondary N) is 1. The Balaban J connectivity index is 2.00. The molecule has 2 unspecified atom stereocenters. The third-order valence-corrected chi connectivity index (χ3v) is 3.89. The van der Waals surface area contributed by atoms with Gasteiger partial charge in [0, 0.05) is 18.0 Å². The number of aromatic nitrogens is 2. The van der Waals surface area contributed by atoms with Gasteiger partial charge in [0.05, 0.1) is 6.10 Å². The van der Waals surface area contributed by atoms with Crippen LogP contribution in [0.15, 0.2) is 6.07 Å². The first-order valence-electron chi connectivity index (χ1n) is 7.31. The van der Waals surface area contributed by atoms with Crippen LogP contribution in [-0.4, -0.2) is 27.7 Å². The summed E-state index contributed by atoms with van der Waals surface area (Å²) in [7, 11) is 0. The summed E-state index contributed by atoms with van der Waals surface area (Å²) in [4.78, 5) is 8.83. The fourth-order valence-corrected chi connectivity index (χ4v) is 2.72. The van der Waals surface area contributed by atoms with Crippen molar-refractivity contribution < 1.29 is 5.11 Å². The standard InChI is InChI=1S/C15H24ClN3O/c1-15(2,3)14-18-12(16)8-13(19-14)17-9-10-5-4-6-11(20)7-10/h8,10-11,20H,4-7,9H2,1-3H3,(H,17,18,19). The summed E-state index contributed by atoms with van der Waals surface area (Å²) in [6.07, 6.45) is 3.93. The van der Waals surface area contributed by atoms with Crippen molar-refractivity contribution in [2.45, 2.75) is 58.0 Å². The van der Waals surface area contributed by atoms with Crippen molar-refractivity contribution in [3.8, 4) is 0 Å². The highest BCUT2D eigenvalue weighted by molar-refractivity contribution is 6.29. The van der Waals surface area contributed by atoms with Gasteiger partial charge < -0.3 is 10.4 Å². The van der Waals surface area contributed by atoms with E-state index in [4.69, 9.17) is 11.6 Å². The van der Waals surface area contributed by atoms with Crippen LogP contribution in [0.1, 0.15) is 52.3 Å². The second-order valence-electron chi connectivity index (χ2n) is 6.72. The number of aliphatic hydroxyl groups is 1. The van der Waals surface area contributed by atoms with Gasteiger partial charge in [0.25, 0.3) is 0 Å². The van der Waals surface area contributed by atoms with Gasteiger partial charge in [-0.15, -0.1) is 0 Å². The minimum absolute atomic E-state index is 0.123. The molecule has 112 valence electrons. The van der Waals surface area contributed by atoms with E-state index in [0.29, 0.717) is 11.1 Å². The molecule has 5 heteroatoms.